The van der Waals surface area contributed by atoms with Crippen molar-refractivity contribution in [2.45, 2.75) is 96.4 Å². The molecule has 1 rings (SSSR count). The molecule has 1 aliphatic heterocycles. The Morgan fingerprint density at radius 1 is 1.07 bits per heavy atom. The van der Waals surface area contributed by atoms with Gasteiger partial charge in [-0.1, -0.05) is 52.4 Å². The number of ether oxygens (including phenoxy) is 3. The lowest BCUT2D eigenvalue weighted by molar-refractivity contribution is -0.182. The molecule has 1 unspecified atom stereocenters. The highest BCUT2D eigenvalue weighted by atomic mass is 32.2. The van der Waals surface area contributed by atoms with Gasteiger partial charge in [-0.2, -0.15) is 8.42 Å². The van der Waals surface area contributed by atoms with Crippen LogP contribution in [0.2, 0.25) is 0 Å². The first-order valence-corrected chi connectivity index (χ1v) is 12.6. The van der Waals surface area contributed by atoms with Crippen LogP contribution in [-0.2, 0) is 24.3 Å². The van der Waals surface area contributed by atoms with Gasteiger partial charge in [-0.25, -0.2) is 4.79 Å². The van der Waals surface area contributed by atoms with E-state index in [1.807, 2.05) is 0 Å². The Labute approximate surface area is 175 Å². The van der Waals surface area contributed by atoms with E-state index in [0.29, 0.717) is 6.61 Å². The molecule has 0 aromatic rings. The molecule has 1 amide bonds. The van der Waals surface area contributed by atoms with Gasteiger partial charge in [0.1, 0.15) is 12.7 Å². The average Bonchev–Trinajstić information content (AvgIpc) is 3.07. The van der Waals surface area contributed by atoms with E-state index in [9.17, 15) is 13.2 Å². The summed E-state index contributed by atoms with van der Waals surface area (Å²) in [5.41, 5.74) is 0. The zero-order valence-electron chi connectivity index (χ0n) is 18.0. The van der Waals surface area contributed by atoms with Gasteiger partial charge < -0.3 is 19.5 Å². The molecule has 9 heteroatoms. The van der Waals surface area contributed by atoms with E-state index in [1.54, 1.807) is 0 Å². The van der Waals surface area contributed by atoms with E-state index >= 15 is 0 Å². The van der Waals surface area contributed by atoms with Crippen molar-refractivity contribution in [3.8, 4) is 0 Å². The molecule has 0 aliphatic carbocycles. The molecular weight excluding hydrogens is 398 g/mol. The zero-order chi connectivity index (χ0) is 21.6. The molecule has 0 aromatic heterocycles. The first kappa shape index (κ1) is 26.1. The number of carbonyl (C=O) groups excluding carboxylic acids is 1. The Kier molecular flexibility index (Phi) is 12.8. The van der Waals surface area contributed by atoms with Gasteiger partial charge in [0, 0.05) is 19.4 Å². The molecule has 1 heterocycles. The van der Waals surface area contributed by atoms with Crippen LogP contribution in [0.25, 0.3) is 0 Å². The van der Waals surface area contributed by atoms with Crippen molar-refractivity contribution < 1.29 is 32.0 Å². The smallest absolute Gasteiger partial charge is 0.407 e. The fourth-order valence-electron chi connectivity index (χ4n) is 3.39. The lowest BCUT2D eigenvalue weighted by Gasteiger charge is -2.28. The molecule has 29 heavy (non-hydrogen) atoms. The summed E-state index contributed by atoms with van der Waals surface area (Å²) in [6.45, 7) is 4.97. The minimum Gasteiger partial charge on any atom is -0.447 e. The molecular formula is C20H39NO7S. The Morgan fingerprint density at radius 2 is 1.69 bits per heavy atom. The van der Waals surface area contributed by atoms with Crippen LogP contribution in [0.3, 0.4) is 0 Å². The molecule has 0 aromatic carbocycles. The fourth-order valence-corrected chi connectivity index (χ4v) is 3.90. The fraction of sp³-hybridized carbons (Fsp3) is 0.950. The molecule has 1 fully saturated rings. The highest BCUT2D eigenvalue weighted by molar-refractivity contribution is 7.85. The molecule has 0 saturated carbocycles. The molecule has 8 nitrogen and oxygen atoms in total. The summed E-state index contributed by atoms with van der Waals surface area (Å²) in [4.78, 5) is 11.7. The Balaban J connectivity index is 2.36. The van der Waals surface area contributed by atoms with Crippen molar-refractivity contribution in [1.29, 1.82) is 0 Å². The first-order chi connectivity index (χ1) is 13.8. The molecule has 172 valence electrons. The van der Waals surface area contributed by atoms with Crippen molar-refractivity contribution in [2.24, 2.45) is 0 Å². The highest BCUT2D eigenvalue weighted by Crippen LogP contribution is 2.34. The van der Waals surface area contributed by atoms with E-state index < -0.39 is 27.8 Å². The average molecular weight is 438 g/mol. The summed E-state index contributed by atoms with van der Waals surface area (Å²) in [7, 11) is -4.01. The third kappa shape index (κ3) is 12.4. The lowest BCUT2D eigenvalue weighted by Crippen LogP contribution is -2.33. The number of rotatable bonds is 16. The van der Waals surface area contributed by atoms with E-state index in [4.69, 9.17) is 18.8 Å². The van der Waals surface area contributed by atoms with Crippen LogP contribution in [0.4, 0.5) is 4.79 Å². The largest absolute Gasteiger partial charge is 0.447 e. The van der Waals surface area contributed by atoms with E-state index in [0.717, 1.165) is 38.5 Å². The van der Waals surface area contributed by atoms with Gasteiger partial charge in [-0.05, 0) is 19.3 Å². The summed E-state index contributed by atoms with van der Waals surface area (Å²) in [5.74, 6) is -0.965. The maximum atomic E-state index is 11.7. The van der Waals surface area contributed by atoms with Crippen molar-refractivity contribution >= 4 is 16.2 Å². The molecule has 1 atom stereocenters. The SMILES string of the molecule is CCCCCCC1(CCCCCC)OCC(COC(=O)NCCCS(=O)(=O)O)O1. The van der Waals surface area contributed by atoms with Gasteiger partial charge in [-0.15, -0.1) is 0 Å². The molecule has 0 radical (unpaired) electrons. The summed E-state index contributed by atoms with van der Waals surface area (Å²) in [6, 6.07) is 0. The minimum atomic E-state index is -4.01. The van der Waals surface area contributed by atoms with E-state index in [2.05, 4.69) is 19.2 Å². The number of amides is 1. The Hall–Kier alpha value is -0.900. The summed E-state index contributed by atoms with van der Waals surface area (Å²) < 4.78 is 47.4. The Morgan fingerprint density at radius 3 is 2.24 bits per heavy atom. The van der Waals surface area contributed by atoms with Gasteiger partial charge in [0.25, 0.3) is 10.1 Å². The van der Waals surface area contributed by atoms with Crippen LogP contribution in [0.1, 0.15) is 84.5 Å². The zero-order valence-corrected chi connectivity index (χ0v) is 18.8. The van der Waals surface area contributed by atoms with Crippen molar-refractivity contribution in [3.63, 3.8) is 0 Å². The van der Waals surface area contributed by atoms with Crippen LogP contribution < -0.4 is 5.32 Å². The van der Waals surface area contributed by atoms with Crippen LogP contribution >= 0.6 is 0 Å². The third-order valence-corrected chi connectivity index (χ3v) is 5.79. The summed E-state index contributed by atoms with van der Waals surface area (Å²) in [5, 5.41) is 2.46. The second kappa shape index (κ2) is 14.2. The van der Waals surface area contributed by atoms with Gasteiger partial charge in [0.2, 0.25) is 0 Å². The van der Waals surface area contributed by atoms with Crippen LogP contribution in [-0.4, -0.2) is 56.5 Å². The maximum Gasteiger partial charge on any atom is 0.407 e. The van der Waals surface area contributed by atoms with Crippen molar-refractivity contribution in [3.05, 3.63) is 0 Å². The summed E-state index contributed by atoms with van der Waals surface area (Å²) in [6.07, 6.45) is 10.1. The van der Waals surface area contributed by atoms with E-state index in [-0.39, 0.29) is 25.7 Å². The quantitative estimate of drug-likeness (QED) is 0.277. The number of alkyl carbamates (subject to hydrolysis) is 1. The van der Waals surface area contributed by atoms with Gasteiger partial charge in [0.15, 0.2) is 5.79 Å². The highest BCUT2D eigenvalue weighted by Gasteiger charge is 2.40. The van der Waals surface area contributed by atoms with E-state index in [1.165, 1.54) is 25.7 Å². The molecule has 0 spiro atoms. The normalized spacial score (nSPS) is 18.7. The third-order valence-electron chi connectivity index (χ3n) is 4.98. The van der Waals surface area contributed by atoms with Crippen LogP contribution in [0, 0.1) is 0 Å². The van der Waals surface area contributed by atoms with Crippen LogP contribution in [0.15, 0.2) is 0 Å². The molecule has 1 aliphatic rings. The Bertz CT molecular complexity index is 541. The maximum absolute atomic E-state index is 11.7. The lowest BCUT2D eigenvalue weighted by atomic mass is 10.00. The standard InChI is InChI=1S/C20H39NO7S/c1-3-5-7-9-12-20(13-10-8-6-4-2)27-17-18(28-20)16-26-19(22)21-14-11-15-29(23,24)25/h18H,3-17H2,1-2H3,(H,21,22)(H,23,24,25). The van der Waals surface area contributed by atoms with Crippen molar-refractivity contribution in [2.75, 3.05) is 25.5 Å². The number of hydrogen-bond donors (Lipinski definition) is 2. The monoisotopic (exact) mass is 437 g/mol. The molecule has 2 N–H and O–H groups in total. The number of nitrogens with one attached hydrogen (secondary N) is 1. The summed E-state index contributed by atoms with van der Waals surface area (Å²) >= 11 is 0. The first-order valence-electron chi connectivity index (χ1n) is 11.0. The predicted octanol–water partition coefficient (Wildman–Crippen LogP) is 4.04. The van der Waals surface area contributed by atoms with Gasteiger partial charge in [-0.3, -0.25) is 4.55 Å². The van der Waals surface area contributed by atoms with Crippen LogP contribution in [0.5, 0.6) is 0 Å². The second-order valence-electron chi connectivity index (χ2n) is 7.75. The number of carbonyl (C=O) groups is 1. The topological polar surface area (TPSA) is 111 Å². The number of unbranched alkanes of at least 4 members (excludes halogenated alkanes) is 6. The number of hydrogen-bond acceptors (Lipinski definition) is 6. The van der Waals surface area contributed by atoms with Crippen molar-refractivity contribution in [1.82, 2.24) is 5.32 Å². The predicted molar refractivity (Wildman–Crippen MR) is 111 cm³/mol. The van der Waals surface area contributed by atoms with Gasteiger partial charge in [0.05, 0.1) is 12.4 Å². The van der Waals surface area contributed by atoms with Gasteiger partial charge >= 0.3 is 6.09 Å². The molecule has 1 saturated heterocycles. The molecule has 0 bridgehead atoms. The minimum absolute atomic E-state index is 0.0931. The second-order valence-corrected chi connectivity index (χ2v) is 9.32.